The summed E-state index contributed by atoms with van der Waals surface area (Å²) in [6.07, 6.45) is 0.978. The molecule has 1 aliphatic rings. The number of nitrogens with zero attached hydrogens (tertiary/aromatic N) is 1. The summed E-state index contributed by atoms with van der Waals surface area (Å²) < 4.78 is 13.6. The molecule has 1 aromatic carbocycles. The van der Waals surface area contributed by atoms with Crippen LogP contribution in [0.5, 0.6) is 0 Å². The fourth-order valence-corrected chi connectivity index (χ4v) is 2.04. The molecule has 2 rings (SSSR count). The fraction of sp³-hybridized carbons (Fsp3) is 0.417. The van der Waals surface area contributed by atoms with E-state index in [1.54, 1.807) is 13.0 Å². The molecule has 0 saturated heterocycles. The second-order valence-corrected chi connectivity index (χ2v) is 4.22. The molecule has 17 heavy (non-hydrogen) atoms. The Morgan fingerprint density at radius 2 is 2.29 bits per heavy atom. The molecule has 0 fully saturated rings. The van der Waals surface area contributed by atoms with Crippen LogP contribution in [0.2, 0.25) is 0 Å². The van der Waals surface area contributed by atoms with E-state index in [-0.39, 0.29) is 36.6 Å². The minimum atomic E-state index is -0.326. The maximum absolute atomic E-state index is 13.6. The number of amides is 1. The second-order valence-electron chi connectivity index (χ2n) is 4.22. The lowest BCUT2D eigenvalue weighted by molar-refractivity contribution is -0.118. The highest BCUT2D eigenvalue weighted by atomic mass is 35.5. The molecule has 94 valence electrons. The van der Waals surface area contributed by atoms with Crippen LogP contribution in [0.4, 0.5) is 10.1 Å². The highest BCUT2D eigenvalue weighted by Crippen LogP contribution is 2.31. The summed E-state index contributed by atoms with van der Waals surface area (Å²) in [5.41, 5.74) is 6.92. The molecular formula is C12H16ClFN2O. The van der Waals surface area contributed by atoms with Crippen LogP contribution in [0.15, 0.2) is 18.2 Å². The normalized spacial score (nSPS) is 15.1. The minimum absolute atomic E-state index is 0. The fourth-order valence-electron chi connectivity index (χ4n) is 2.04. The average molecular weight is 259 g/mol. The molecule has 0 radical (unpaired) electrons. The van der Waals surface area contributed by atoms with Gasteiger partial charge in [0.1, 0.15) is 5.82 Å². The third kappa shape index (κ3) is 2.76. The maximum atomic E-state index is 13.6. The van der Waals surface area contributed by atoms with E-state index in [1.165, 1.54) is 11.0 Å². The van der Waals surface area contributed by atoms with Crippen molar-refractivity contribution in [2.75, 3.05) is 11.4 Å². The molecule has 0 spiro atoms. The third-order valence-electron chi connectivity index (χ3n) is 2.74. The third-order valence-corrected chi connectivity index (χ3v) is 2.74. The summed E-state index contributed by atoms with van der Waals surface area (Å²) in [5.74, 6) is -0.424. The van der Waals surface area contributed by atoms with Crippen molar-refractivity contribution in [1.82, 2.24) is 0 Å². The predicted molar refractivity (Wildman–Crippen MR) is 68.0 cm³/mol. The molecule has 0 aromatic heterocycles. The van der Waals surface area contributed by atoms with Gasteiger partial charge in [-0.2, -0.15) is 0 Å². The van der Waals surface area contributed by atoms with E-state index in [4.69, 9.17) is 5.73 Å². The first-order chi connectivity index (χ1) is 7.59. The summed E-state index contributed by atoms with van der Waals surface area (Å²) >= 11 is 0. The number of carbonyl (C=O) groups is 1. The highest BCUT2D eigenvalue weighted by molar-refractivity contribution is 5.95. The molecule has 2 N–H and O–H groups in total. The van der Waals surface area contributed by atoms with Crippen molar-refractivity contribution in [1.29, 1.82) is 0 Å². The van der Waals surface area contributed by atoms with Crippen molar-refractivity contribution in [3.63, 3.8) is 0 Å². The number of para-hydroxylation sites is 1. The zero-order chi connectivity index (χ0) is 11.7. The Morgan fingerprint density at radius 1 is 1.59 bits per heavy atom. The predicted octanol–water partition coefficient (Wildman–Crippen LogP) is 1.87. The van der Waals surface area contributed by atoms with Gasteiger partial charge in [0, 0.05) is 19.0 Å². The van der Waals surface area contributed by atoms with Gasteiger partial charge in [-0.3, -0.25) is 4.79 Å². The number of fused-ring (bicyclic) bond motifs is 1. The lowest BCUT2D eigenvalue weighted by Crippen LogP contribution is -2.34. The smallest absolute Gasteiger partial charge is 0.228 e. The van der Waals surface area contributed by atoms with Crippen LogP contribution in [-0.2, 0) is 11.2 Å². The summed E-state index contributed by atoms with van der Waals surface area (Å²) in [6.45, 7) is 2.33. The molecule has 0 bridgehead atoms. The zero-order valence-corrected chi connectivity index (χ0v) is 10.5. The van der Waals surface area contributed by atoms with Crippen molar-refractivity contribution >= 4 is 24.0 Å². The average Bonchev–Trinajstić information content (AvgIpc) is 2.61. The summed E-state index contributed by atoms with van der Waals surface area (Å²) in [7, 11) is 0. The molecule has 3 nitrogen and oxygen atoms in total. The number of carbonyl (C=O) groups excluding carboxylic acids is 1. The molecule has 1 atom stereocenters. The van der Waals surface area contributed by atoms with Gasteiger partial charge in [-0.1, -0.05) is 12.1 Å². The second kappa shape index (κ2) is 5.47. The summed E-state index contributed by atoms with van der Waals surface area (Å²) in [6, 6.07) is 4.73. The molecule has 0 aliphatic carbocycles. The van der Waals surface area contributed by atoms with Gasteiger partial charge in [-0.25, -0.2) is 4.39 Å². The number of halogens is 2. The quantitative estimate of drug-likeness (QED) is 0.880. The Kier molecular flexibility index (Phi) is 4.48. The van der Waals surface area contributed by atoms with Crippen molar-refractivity contribution in [3.05, 3.63) is 29.6 Å². The van der Waals surface area contributed by atoms with Crippen LogP contribution in [0, 0.1) is 5.82 Å². The van der Waals surface area contributed by atoms with Crippen LogP contribution in [-0.4, -0.2) is 18.5 Å². The van der Waals surface area contributed by atoms with Gasteiger partial charge in [0.05, 0.1) is 5.69 Å². The molecule has 1 heterocycles. The standard InChI is InChI=1S/C12H15FN2O.ClH/c1-8(14)7-11(16)15-6-5-9-3-2-4-10(13)12(9)15;/h2-4,8H,5-7,14H2,1H3;1H. The Balaban J connectivity index is 0.00000144. The van der Waals surface area contributed by atoms with Crippen molar-refractivity contribution < 1.29 is 9.18 Å². The van der Waals surface area contributed by atoms with E-state index < -0.39 is 0 Å². The van der Waals surface area contributed by atoms with E-state index in [0.29, 0.717) is 12.2 Å². The Labute approximate surface area is 106 Å². The van der Waals surface area contributed by atoms with Gasteiger partial charge in [0.25, 0.3) is 0 Å². The Hall–Kier alpha value is -1.13. The number of hydrogen-bond acceptors (Lipinski definition) is 2. The lowest BCUT2D eigenvalue weighted by atomic mass is 10.1. The number of rotatable bonds is 2. The number of nitrogens with two attached hydrogens (primary N) is 1. The van der Waals surface area contributed by atoms with Crippen LogP contribution in [0.1, 0.15) is 18.9 Å². The molecule has 5 heteroatoms. The van der Waals surface area contributed by atoms with Gasteiger partial charge >= 0.3 is 0 Å². The van der Waals surface area contributed by atoms with E-state index in [2.05, 4.69) is 0 Å². The van der Waals surface area contributed by atoms with E-state index in [1.807, 2.05) is 6.07 Å². The SMILES string of the molecule is CC(N)CC(=O)N1CCc2cccc(F)c21.Cl. The molecule has 1 unspecified atom stereocenters. The van der Waals surface area contributed by atoms with E-state index >= 15 is 0 Å². The first-order valence-electron chi connectivity index (χ1n) is 5.43. The first kappa shape index (κ1) is 13.9. The first-order valence-corrected chi connectivity index (χ1v) is 5.43. The van der Waals surface area contributed by atoms with E-state index in [0.717, 1.165) is 12.0 Å². The number of benzene rings is 1. The van der Waals surface area contributed by atoms with Crippen molar-refractivity contribution in [3.8, 4) is 0 Å². The van der Waals surface area contributed by atoms with Gasteiger partial charge in [-0.15, -0.1) is 12.4 Å². The number of anilines is 1. The lowest BCUT2D eigenvalue weighted by Gasteiger charge is -2.18. The molecule has 1 aliphatic heterocycles. The van der Waals surface area contributed by atoms with Crippen LogP contribution >= 0.6 is 12.4 Å². The Bertz CT molecular complexity index is 423. The van der Waals surface area contributed by atoms with Gasteiger partial charge in [0.15, 0.2) is 0 Å². The van der Waals surface area contributed by atoms with Crippen LogP contribution in [0.25, 0.3) is 0 Å². The monoisotopic (exact) mass is 258 g/mol. The van der Waals surface area contributed by atoms with Crippen molar-refractivity contribution in [2.45, 2.75) is 25.8 Å². The van der Waals surface area contributed by atoms with Gasteiger partial charge in [0.2, 0.25) is 5.91 Å². The molecule has 0 saturated carbocycles. The minimum Gasteiger partial charge on any atom is -0.327 e. The summed E-state index contributed by atoms with van der Waals surface area (Å²) in [5, 5.41) is 0. The largest absolute Gasteiger partial charge is 0.327 e. The maximum Gasteiger partial charge on any atom is 0.228 e. The van der Waals surface area contributed by atoms with Gasteiger partial charge < -0.3 is 10.6 Å². The summed E-state index contributed by atoms with van der Waals surface area (Å²) in [4.78, 5) is 13.4. The van der Waals surface area contributed by atoms with Crippen LogP contribution in [0.3, 0.4) is 0 Å². The van der Waals surface area contributed by atoms with Crippen LogP contribution < -0.4 is 10.6 Å². The molecular weight excluding hydrogens is 243 g/mol. The molecule has 1 amide bonds. The topological polar surface area (TPSA) is 46.3 Å². The number of hydrogen-bond donors (Lipinski definition) is 1. The van der Waals surface area contributed by atoms with Gasteiger partial charge in [-0.05, 0) is 25.0 Å². The van der Waals surface area contributed by atoms with E-state index in [9.17, 15) is 9.18 Å². The molecule has 1 aromatic rings. The Morgan fingerprint density at radius 3 is 2.94 bits per heavy atom. The zero-order valence-electron chi connectivity index (χ0n) is 9.65. The van der Waals surface area contributed by atoms with Crippen molar-refractivity contribution in [2.24, 2.45) is 5.73 Å². The highest BCUT2D eigenvalue weighted by Gasteiger charge is 2.27.